The Morgan fingerprint density at radius 1 is 1.00 bits per heavy atom. The van der Waals surface area contributed by atoms with Crippen LogP contribution in [0.5, 0.6) is 17.2 Å². The van der Waals surface area contributed by atoms with E-state index in [9.17, 15) is 13.2 Å². The van der Waals surface area contributed by atoms with Gasteiger partial charge in [0.25, 0.3) is 10.0 Å². The molecule has 0 aromatic heterocycles. The van der Waals surface area contributed by atoms with Crippen LogP contribution in [0.3, 0.4) is 0 Å². The Kier molecular flexibility index (Phi) is 4.79. The molecular formula is C21H19NO6S. The van der Waals surface area contributed by atoms with Crippen LogP contribution >= 0.6 is 0 Å². The van der Waals surface area contributed by atoms with Crippen molar-refractivity contribution in [1.29, 1.82) is 0 Å². The summed E-state index contributed by atoms with van der Waals surface area (Å²) in [5, 5.41) is 1.31. The molecule has 0 spiro atoms. The quantitative estimate of drug-likeness (QED) is 0.692. The third-order valence-corrected chi connectivity index (χ3v) is 6.30. The molecule has 0 bridgehead atoms. The standard InChI is InChI=1S/C21H19NO6S/c1-26-16-10-11-17(27-2)20-19(16)15(12-28-20)21(23)22-29(24,25)18-9-5-7-13-6-3-4-8-14(13)18/h3-11,15H,12H2,1-2H3,(H,22,23)/t15-/m1/s1. The van der Waals surface area contributed by atoms with E-state index >= 15 is 0 Å². The first kappa shape index (κ1) is 19.1. The Balaban J connectivity index is 1.70. The lowest BCUT2D eigenvalue weighted by atomic mass is 9.99. The minimum Gasteiger partial charge on any atom is -0.496 e. The van der Waals surface area contributed by atoms with Crippen molar-refractivity contribution in [3.63, 3.8) is 0 Å². The number of carbonyl (C=O) groups excluding carboxylic acids is 1. The van der Waals surface area contributed by atoms with Crippen LogP contribution in [0, 0.1) is 0 Å². The molecule has 29 heavy (non-hydrogen) atoms. The van der Waals surface area contributed by atoms with Crippen LogP contribution in [-0.4, -0.2) is 35.2 Å². The first-order valence-corrected chi connectivity index (χ1v) is 10.4. The molecule has 0 saturated heterocycles. The highest BCUT2D eigenvalue weighted by molar-refractivity contribution is 7.90. The van der Waals surface area contributed by atoms with Gasteiger partial charge in [0.1, 0.15) is 18.3 Å². The predicted octanol–water partition coefficient (Wildman–Crippen LogP) is 2.84. The first-order chi connectivity index (χ1) is 14.0. The summed E-state index contributed by atoms with van der Waals surface area (Å²) in [6, 6.07) is 15.4. The van der Waals surface area contributed by atoms with E-state index in [0.29, 0.717) is 28.2 Å². The maximum Gasteiger partial charge on any atom is 0.264 e. The Bertz CT molecular complexity index is 1200. The van der Waals surface area contributed by atoms with Crippen molar-refractivity contribution in [3.05, 3.63) is 60.2 Å². The van der Waals surface area contributed by atoms with Crippen LogP contribution in [-0.2, 0) is 14.8 Å². The monoisotopic (exact) mass is 413 g/mol. The number of rotatable bonds is 5. The summed E-state index contributed by atoms with van der Waals surface area (Å²) in [4.78, 5) is 13.0. The summed E-state index contributed by atoms with van der Waals surface area (Å²) in [7, 11) is -1.12. The van der Waals surface area contributed by atoms with E-state index in [2.05, 4.69) is 4.72 Å². The van der Waals surface area contributed by atoms with Crippen molar-refractivity contribution in [2.45, 2.75) is 10.8 Å². The number of fused-ring (bicyclic) bond motifs is 2. The van der Waals surface area contributed by atoms with Crippen molar-refractivity contribution in [1.82, 2.24) is 4.72 Å². The lowest BCUT2D eigenvalue weighted by molar-refractivity contribution is -0.121. The molecule has 1 heterocycles. The molecule has 3 aromatic rings. The highest BCUT2D eigenvalue weighted by atomic mass is 32.2. The molecule has 0 fully saturated rings. The van der Waals surface area contributed by atoms with Crippen molar-refractivity contribution in [2.75, 3.05) is 20.8 Å². The van der Waals surface area contributed by atoms with Crippen LogP contribution in [0.1, 0.15) is 11.5 Å². The molecule has 7 nitrogen and oxygen atoms in total. The zero-order chi connectivity index (χ0) is 20.6. The van der Waals surface area contributed by atoms with Crippen molar-refractivity contribution in [2.24, 2.45) is 0 Å². The van der Waals surface area contributed by atoms with Gasteiger partial charge >= 0.3 is 0 Å². The van der Waals surface area contributed by atoms with E-state index in [1.54, 1.807) is 30.3 Å². The normalized spacial score (nSPS) is 15.4. The highest BCUT2D eigenvalue weighted by Gasteiger charge is 2.37. The van der Waals surface area contributed by atoms with E-state index in [1.165, 1.54) is 20.3 Å². The molecule has 1 amide bonds. The van der Waals surface area contributed by atoms with Gasteiger partial charge in [-0.1, -0.05) is 36.4 Å². The smallest absolute Gasteiger partial charge is 0.264 e. The number of benzene rings is 3. The molecule has 4 rings (SSSR count). The number of hydrogen-bond acceptors (Lipinski definition) is 6. The summed E-state index contributed by atoms with van der Waals surface area (Å²) < 4.78 is 44.4. The summed E-state index contributed by atoms with van der Waals surface area (Å²) in [5.74, 6) is -0.272. The Morgan fingerprint density at radius 2 is 1.69 bits per heavy atom. The molecule has 1 atom stereocenters. The van der Waals surface area contributed by atoms with Gasteiger partial charge < -0.3 is 14.2 Å². The van der Waals surface area contributed by atoms with Crippen LogP contribution < -0.4 is 18.9 Å². The molecule has 3 aromatic carbocycles. The first-order valence-electron chi connectivity index (χ1n) is 8.88. The molecular weight excluding hydrogens is 394 g/mol. The van der Waals surface area contributed by atoms with Crippen molar-refractivity contribution in [3.8, 4) is 17.2 Å². The van der Waals surface area contributed by atoms with Crippen LogP contribution in [0.25, 0.3) is 10.8 Å². The maximum atomic E-state index is 13.0. The van der Waals surface area contributed by atoms with Crippen LogP contribution in [0.15, 0.2) is 59.5 Å². The summed E-state index contributed by atoms with van der Waals surface area (Å²) in [6.45, 7) is -0.0110. The third-order valence-electron chi connectivity index (χ3n) is 4.89. The molecule has 1 aliphatic heterocycles. The summed E-state index contributed by atoms with van der Waals surface area (Å²) >= 11 is 0. The number of methoxy groups -OCH3 is 2. The van der Waals surface area contributed by atoms with Crippen molar-refractivity contribution < 1.29 is 27.4 Å². The Hall–Kier alpha value is -3.26. The van der Waals surface area contributed by atoms with Gasteiger partial charge in [-0.05, 0) is 23.6 Å². The molecule has 0 radical (unpaired) electrons. The molecule has 0 saturated carbocycles. The average molecular weight is 413 g/mol. The van der Waals surface area contributed by atoms with E-state index in [1.807, 2.05) is 18.2 Å². The number of nitrogens with one attached hydrogen (secondary N) is 1. The highest BCUT2D eigenvalue weighted by Crippen LogP contribution is 2.46. The zero-order valence-electron chi connectivity index (χ0n) is 15.8. The zero-order valence-corrected chi connectivity index (χ0v) is 16.7. The predicted molar refractivity (Wildman–Crippen MR) is 107 cm³/mol. The van der Waals surface area contributed by atoms with Crippen molar-refractivity contribution >= 4 is 26.7 Å². The summed E-state index contributed by atoms with van der Waals surface area (Å²) in [5.41, 5.74) is 0.470. The lowest BCUT2D eigenvalue weighted by Gasteiger charge is -2.15. The van der Waals surface area contributed by atoms with Gasteiger partial charge in [0.05, 0.1) is 24.7 Å². The fourth-order valence-corrected chi connectivity index (χ4v) is 4.77. The SMILES string of the molecule is COc1ccc(OC)c2c1OC[C@H]2C(=O)NS(=O)(=O)c1cccc2ccccc12. The van der Waals surface area contributed by atoms with Crippen LogP contribution in [0.4, 0.5) is 0 Å². The molecule has 150 valence electrons. The largest absolute Gasteiger partial charge is 0.496 e. The van der Waals surface area contributed by atoms with Gasteiger partial charge in [-0.15, -0.1) is 0 Å². The fraction of sp³-hybridized carbons (Fsp3) is 0.190. The number of carbonyl (C=O) groups is 1. The molecule has 0 aliphatic carbocycles. The van der Waals surface area contributed by atoms with E-state index in [4.69, 9.17) is 14.2 Å². The van der Waals surface area contributed by atoms with Gasteiger partial charge in [0, 0.05) is 5.39 Å². The molecule has 0 unspecified atom stereocenters. The Labute approximate surface area is 168 Å². The number of hydrogen-bond donors (Lipinski definition) is 1. The number of sulfonamides is 1. The third kappa shape index (κ3) is 3.25. The van der Waals surface area contributed by atoms with E-state index in [-0.39, 0.29) is 11.5 Å². The summed E-state index contributed by atoms with van der Waals surface area (Å²) in [6.07, 6.45) is 0. The Morgan fingerprint density at radius 3 is 2.45 bits per heavy atom. The maximum absolute atomic E-state index is 13.0. The second kappa shape index (κ2) is 7.29. The van der Waals surface area contributed by atoms with Gasteiger partial charge in [-0.2, -0.15) is 0 Å². The topological polar surface area (TPSA) is 90.9 Å². The van der Waals surface area contributed by atoms with Gasteiger partial charge in [0.2, 0.25) is 5.91 Å². The minimum absolute atomic E-state index is 0.0110. The second-order valence-electron chi connectivity index (χ2n) is 6.52. The van der Waals surface area contributed by atoms with E-state index < -0.39 is 21.8 Å². The molecule has 8 heteroatoms. The van der Waals surface area contributed by atoms with Gasteiger partial charge in [0.15, 0.2) is 11.5 Å². The van der Waals surface area contributed by atoms with Crippen LogP contribution in [0.2, 0.25) is 0 Å². The van der Waals surface area contributed by atoms with E-state index in [0.717, 1.165) is 5.39 Å². The average Bonchev–Trinajstić information content (AvgIpc) is 3.18. The number of ether oxygens (including phenoxy) is 3. The molecule has 1 N–H and O–H groups in total. The fourth-order valence-electron chi connectivity index (χ4n) is 3.52. The second-order valence-corrected chi connectivity index (χ2v) is 8.17. The minimum atomic E-state index is -4.09. The van der Waals surface area contributed by atoms with Gasteiger partial charge in [-0.3, -0.25) is 4.79 Å². The van der Waals surface area contributed by atoms with Gasteiger partial charge in [-0.25, -0.2) is 13.1 Å². The number of amides is 1. The lowest BCUT2D eigenvalue weighted by Crippen LogP contribution is -2.35. The molecule has 1 aliphatic rings.